The summed E-state index contributed by atoms with van der Waals surface area (Å²) in [6.07, 6.45) is 3.64. The number of hydrogen-bond donors (Lipinski definition) is 2. The van der Waals surface area contributed by atoms with Crippen LogP contribution in [0.3, 0.4) is 0 Å². The van der Waals surface area contributed by atoms with Crippen molar-refractivity contribution in [2.75, 3.05) is 38.3 Å². The second kappa shape index (κ2) is 8.14. The van der Waals surface area contributed by atoms with Crippen molar-refractivity contribution in [3.8, 4) is 0 Å². The third-order valence-electron chi connectivity index (χ3n) is 2.73. The number of rotatable bonds is 8. The van der Waals surface area contributed by atoms with Gasteiger partial charge in [0, 0.05) is 50.2 Å². The average molecular weight is 282 g/mol. The van der Waals surface area contributed by atoms with E-state index in [9.17, 15) is 0 Å². The lowest BCUT2D eigenvalue weighted by atomic mass is 10.1. The van der Waals surface area contributed by atoms with Crippen molar-refractivity contribution < 1.29 is 9.84 Å². The van der Waals surface area contributed by atoms with Gasteiger partial charge in [0.1, 0.15) is 0 Å². The van der Waals surface area contributed by atoms with Crippen LogP contribution in [0.4, 0.5) is 5.95 Å². The van der Waals surface area contributed by atoms with Gasteiger partial charge in [-0.05, 0) is 20.8 Å². The van der Waals surface area contributed by atoms with Crippen molar-refractivity contribution in [3.05, 3.63) is 18.0 Å². The SMILES string of the molecule is COCCN(CCO)c1ncc(CNC(C)(C)C)cn1. The lowest BCUT2D eigenvalue weighted by molar-refractivity contribution is 0.202. The molecule has 1 aromatic rings. The van der Waals surface area contributed by atoms with E-state index < -0.39 is 0 Å². The maximum Gasteiger partial charge on any atom is 0.225 e. The number of nitrogens with one attached hydrogen (secondary N) is 1. The number of aromatic nitrogens is 2. The molecule has 0 saturated carbocycles. The molecule has 6 nitrogen and oxygen atoms in total. The first-order valence-corrected chi connectivity index (χ1v) is 6.87. The van der Waals surface area contributed by atoms with Crippen molar-refractivity contribution in [1.29, 1.82) is 0 Å². The number of ether oxygens (including phenoxy) is 1. The number of aliphatic hydroxyl groups excluding tert-OH is 1. The second-order valence-electron chi connectivity index (χ2n) is 5.70. The van der Waals surface area contributed by atoms with Crippen LogP contribution in [0.25, 0.3) is 0 Å². The molecule has 1 rings (SSSR count). The van der Waals surface area contributed by atoms with Crippen molar-refractivity contribution in [3.63, 3.8) is 0 Å². The molecule has 2 N–H and O–H groups in total. The lowest BCUT2D eigenvalue weighted by Crippen LogP contribution is -2.35. The van der Waals surface area contributed by atoms with Crippen LogP contribution in [0.15, 0.2) is 12.4 Å². The van der Waals surface area contributed by atoms with Crippen LogP contribution < -0.4 is 10.2 Å². The standard InChI is InChI=1S/C14H26N4O2/c1-14(2,3)17-11-12-9-15-13(16-10-12)18(5-7-19)6-8-20-4/h9-10,17,19H,5-8,11H2,1-4H3. The quantitative estimate of drug-likeness (QED) is 0.735. The fraction of sp³-hybridized carbons (Fsp3) is 0.714. The Morgan fingerprint density at radius 2 is 1.90 bits per heavy atom. The molecular formula is C14H26N4O2. The van der Waals surface area contributed by atoms with Crippen LogP contribution in [-0.4, -0.2) is 54.0 Å². The normalized spacial score (nSPS) is 11.7. The van der Waals surface area contributed by atoms with Gasteiger partial charge in [0.15, 0.2) is 0 Å². The highest BCUT2D eigenvalue weighted by Gasteiger charge is 2.11. The maximum atomic E-state index is 9.08. The first-order valence-electron chi connectivity index (χ1n) is 6.87. The third kappa shape index (κ3) is 6.27. The summed E-state index contributed by atoms with van der Waals surface area (Å²) in [5.74, 6) is 0.621. The summed E-state index contributed by atoms with van der Waals surface area (Å²) in [5.41, 5.74) is 1.11. The Bertz CT molecular complexity index is 376. The number of methoxy groups -OCH3 is 1. The van der Waals surface area contributed by atoms with Crippen molar-refractivity contribution in [2.24, 2.45) is 0 Å². The molecule has 0 saturated heterocycles. The van der Waals surface area contributed by atoms with E-state index >= 15 is 0 Å². The molecule has 0 spiro atoms. The topological polar surface area (TPSA) is 70.5 Å². The second-order valence-corrected chi connectivity index (χ2v) is 5.70. The van der Waals surface area contributed by atoms with Gasteiger partial charge in [-0.15, -0.1) is 0 Å². The van der Waals surface area contributed by atoms with Gasteiger partial charge in [-0.1, -0.05) is 0 Å². The van der Waals surface area contributed by atoms with Gasteiger partial charge in [0.05, 0.1) is 13.2 Å². The Balaban J connectivity index is 2.62. The summed E-state index contributed by atoms with van der Waals surface area (Å²) < 4.78 is 5.05. The fourth-order valence-corrected chi connectivity index (χ4v) is 1.60. The Hall–Kier alpha value is -1.24. The largest absolute Gasteiger partial charge is 0.395 e. The van der Waals surface area contributed by atoms with Crippen LogP contribution >= 0.6 is 0 Å². The van der Waals surface area contributed by atoms with E-state index in [0.717, 1.165) is 12.1 Å². The molecule has 0 radical (unpaired) electrons. The van der Waals surface area contributed by atoms with Gasteiger partial charge in [-0.2, -0.15) is 0 Å². The average Bonchev–Trinajstić information content (AvgIpc) is 2.41. The van der Waals surface area contributed by atoms with E-state index in [1.165, 1.54) is 0 Å². The molecule has 0 aliphatic carbocycles. The highest BCUT2D eigenvalue weighted by atomic mass is 16.5. The van der Waals surface area contributed by atoms with E-state index in [0.29, 0.717) is 25.6 Å². The first-order chi connectivity index (χ1) is 9.46. The zero-order valence-corrected chi connectivity index (χ0v) is 12.9. The Labute approximate surface area is 121 Å². The van der Waals surface area contributed by atoms with Crippen LogP contribution in [-0.2, 0) is 11.3 Å². The minimum atomic E-state index is 0.0695. The molecule has 20 heavy (non-hydrogen) atoms. The summed E-state index contributed by atoms with van der Waals surface area (Å²) in [6, 6.07) is 0. The number of anilines is 1. The molecule has 6 heteroatoms. The summed E-state index contributed by atoms with van der Waals surface area (Å²) in [5, 5.41) is 12.5. The molecule has 0 aromatic carbocycles. The van der Waals surface area contributed by atoms with Crippen LogP contribution in [0.1, 0.15) is 26.3 Å². The molecule has 0 fully saturated rings. The number of nitrogens with zero attached hydrogens (tertiary/aromatic N) is 3. The van der Waals surface area contributed by atoms with Gasteiger partial charge in [0.2, 0.25) is 5.95 Å². The molecule has 0 atom stereocenters. The predicted molar refractivity (Wildman–Crippen MR) is 79.8 cm³/mol. The number of aliphatic hydroxyl groups is 1. The smallest absolute Gasteiger partial charge is 0.225 e. The first kappa shape index (κ1) is 16.8. The fourth-order valence-electron chi connectivity index (χ4n) is 1.60. The molecule has 0 aliphatic heterocycles. The Morgan fingerprint density at radius 1 is 1.25 bits per heavy atom. The van der Waals surface area contributed by atoms with E-state index in [-0.39, 0.29) is 12.1 Å². The molecule has 0 aliphatic rings. The van der Waals surface area contributed by atoms with Gasteiger partial charge in [-0.3, -0.25) is 0 Å². The Kier molecular flexibility index (Phi) is 6.84. The minimum absolute atomic E-state index is 0.0695. The summed E-state index contributed by atoms with van der Waals surface area (Å²) in [6.45, 7) is 8.92. The highest BCUT2D eigenvalue weighted by molar-refractivity contribution is 5.29. The lowest BCUT2D eigenvalue weighted by Gasteiger charge is -2.22. The zero-order chi connectivity index (χ0) is 15.0. The van der Waals surface area contributed by atoms with Gasteiger partial charge in [-0.25, -0.2) is 9.97 Å². The predicted octanol–water partition coefficient (Wildman–Crippen LogP) is 0.810. The van der Waals surface area contributed by atoms with Gasteiger partial charge in [0.25, 0.3) is 0 Å². The molecule has 114 valence electrons. The zero-order valence-electron chi connectivity index (χ0n) is 12.9. The van der Waals surface area contributed by atoms with E-state index in [2.05, 4.69) is 36.1 Å². The molecule has 1 aromatic heterocycles. The van der Waals surface area contributed by atoms with Gasteiger partial charge >= 0.3 is 0 Å². The molecule has 0 bridgehead atoms. The third-order valence-corrected chi connectivity index (χ3v) is 2.73. The summed E-state index contributed by atoms with van der Waals surface area (Å²) >= 11 is 0. The Morgan fingerprint density at radius 3 is 2.40 bits per heavy atom. The van der Waals surface area contributed by atoms with Gasteiger partial charge < -0.3 is 20.1 Å². The van der Waals surface area contributed by atoms with Crippen molar-refractivity contribution >= 4 is 5.95 Å². The summed E-state index contributed by atoms with van der Waals surface area (Å²) in [7, 11) is 1.65. The summed E-state index contributed by atoms with van der Waals surface area (Å²) in [4.78, 5) is 10.6. The van der Waals surface area contributed by atoms with E-state index in [4.69, 9.17) is 9.84 Å². The molecule has 0 unspecified atom stereocenters. The van der Waals surface area contributed by atoms with Crippen LogP contribution in [0.2, 0.25) is 0 Å². The van der Waals surface area contributed by atoms with E-state index in [1.54, 1.807) is 7.11 Å². The monoisotopic (exact) mass is 282 g/mol. The molecular weight excluding hydrogens is 256 g/mol. The highest BCUT2D eigenvalue weighted by Crippen LogP contribution is 2.08. The van der Waals surface area contributed by atoms with E-state index in [1.807, 2.05) is 17.3 Å². The minimum Gasteiger partial charge on any atom is -0.395 e. The number of hydrogen-bond acceptors (Lipinski definition) is 6. The molecule has 1 heterocycles. The van der Waals surface area contributed by atoms with Crippen LogP contribution in [0.5, 0.6) is 0 Å². The molecule has 0 amide bonds. The van der Waals surface area contributed by atoms with Crippen LogP contribution in [0, 0.1) is 0 Å². The van der Waals surface area contributed by atoms with Crippen molar-refractivity contribution in [1.82, 2.24) is 15.3 Å². The maximum absolute atomic E-state index is 9.08. The van der Waals surface area contributed by atoms with Crippen molar-refractivity contribution in [2.45, 2.75) is 32.9 Å².